The lowest BCUT2D eigenvalue weighted by Gasteiger charge is -2.35. The average molecular weight is 371 g/mol. The van der Waals surface area contributed by atoms with Gasteiger partial charge in [0.2, 0.25) is 0 Å². The van der Waals surface area contributed by atoms with Crippen LogP contribution in [0.4, 0.5) is 5.69 Å². The van der Waals surface area contributed by atoms with Crippen LogP contribution in [0.3, 0.4) is 0 Å². The second kappa shape index (κ2) is 8.49. The molecule has 1 unspecified atom stereocenters. The van der Waals surface area contributed by atoms with E-state index >= 15 is 0 Å². The number of methoxy groups -OCH3 is 1. The quantitative estimate of drug-likeness (QED) is 0.804. The Kier molecular flexibility index (Phi) is 6.09. The number of anilines is 1. The van der Waals surface area contributed by atoms with Gasteiger partial charge in [0, 0.05) is 29.6 Å². The van der Waals surface area contributed by atoms with E-state index in [1.54, 1.807) is 18.9 Å². The molecule has 1 atom stereocenters. The third-order valence-corrected chi connectivity index (χ3v) is 5.60. The van der Waals surface area contributed by atoms with E-state index in [0.717, 1.165) is 53.4 Å². The maximum Gasteiger partial charge on any atom is 0.251 e. The van der Waals surface area contributed by atoms with Gasteiger partial charge < -0.3 is 15.0 Å². The van der Waals surface area contributed by atoms with Crippen molar-refractivity contribution < 1.29 is 9.53 Å². The van der Waals surface area contributed by atoms with E-state index < -0.39 is 0 Å². The van der Waals surface area contributed by atoms with Gasteiger partial charge in [0.05, 0.1) is 12.8 Å². The number of aryl methyl sites for hydroxylation is 1. The number of hydrogen-bond acceptors (Lipinski definition) is 4. The maximum absolute atomic E-state index is 12.8. The molecule has 0 aromatic heterocycles. The minimum absolute atomic E-state index is 0.0188. The average Bonchev–Trinajstić information content (AvgIpc) is 2.68. The molecule has 0 bridgehead atoms. The lowest BCUT2D eigenvalue weighted by atomic mass is 10.0. The first-order valence-electron chi connectivity index (χ1n) is 8.96. The van der Waals surface area contributed by atoms with Crippen LogP contribution in [0.2, 0.25) is 0 Å². The lowest BCUT2D eigenvalue weighted by Crippen LogP contribution is -2.48. The van der Waals surface area contributed by atoms with Crippen LogP contribution in [0.15, 0.2) is 47.4 Å². The van der Waals surface area contributed by atoms with Crippen molar-refractivity contribution in [3.05, 3.63) is 53.6 Å². The van der Waals surface area contributed by atoms with Gasteiger partial charge in [-0.15, -0.1) is 11.8 Å². The molecule has 1 fully saturated rings. The van der Waals surface area contributed by atoms with E-state index in [1.807, 2.05) is 43.5 Å². The normalized spacial score (nSPS) is 17.0. The first-order chi connectivity index (χ1) is 12.6. The molecule has 1 aliphatic heterocycles. The Morgan fingerprint density at radius 3 is 2.85 bits per heavy atom. The molecule has 5 heteroatoms. The Morgan fingerprint density at radius 1 is 1.27 bits per heavy atom. The van der Waals surface area contributed by atoms with Crippen molar-refractivity contribution in [1.29, 1.82) is 0 Å². The number of nitrogens with one attached hydrogen (secondary N) is 1. The van der Waals surface area contributed by atoms with Crippen molar-refractivity contribution in [1.82, 2.24) is 5.32 Å². The van der Waals surface area contributed by atoms with Crippen LogP contribution < -0.4 is 15.0 Å². The molecule has 3 rings (SSSR count). The number of carbonyl (C=O) groups is 1. The molecule has 26 heavy (non-hydrogen) atoms. The SMILES string of the molecule is COc1ccccc1N1CCCC(NC(=O)c2cc(SC)ccc2C)C1. The molecular weight excluding hydrogens is 344 g/mol. The smallest absolute Gasteiger partial charge is 0.251 e. The Labute approximate surface area is 159 Å². The van der Waals surface area contributed by atoms with E-state index in [-0.39, 0.29) is 11.9 Å². The van der Waals surface area contributed by atoms with Gasteiger partial charge in [-0.05, 0) is 55.9 Å². The summed E-state index contributed by atoms with van der Waals surface area (Å²) in [6.45, 7) is 3.77. The number of hydrogen-bond donors (Lipinski definition) is 1. The van der Waals surface area contributed by atoms with Gasteiger partial charge in [0.1, 0.15) is 5.75 Å². The molecule has 0 aliphatic carbocycles. The van der Waals surface area contributed by atoms with E-state index in [0.29, 0.717) is 0 Å². The van der Waals surface area contributed by atoms with Crippen molar-refractivity contribution in [3.63, 3.8) is 0 Å². The number of para-hydroxylation sites is 2. The standard InChI is InChI=1S/C21H26N2O2S/c1-15-10-11-17(26-3)13-18(15)21(24)22-16-7-6-12-23(14-16)19-8-4-5-9-20(19)25-2/h4-5,8-11,13,16H,6-7,12,14H2,1-3H3,(H,22,24). The fourth-order valence-corrected chi connectivity index (χ4v) is 3.88. The van der Waals surface area contributed by atoms with Crippen LogP contribution in [-0.2, 0) is 0 Å². The molecule has 1 aliphatic rings. The van der Waals surface area contributed by atoms with Gasteiger partial charge in [0.25, 0.3) is 5.91 Å². The minimum atomic E-state index is 0.0188. The number of rotatable bonds is 5. The van der Waals surface area contributed by atoms with Crippen molar-refractivity contribution in [3.8, 4) is 5.75 Å². The minimum Gasteiger partial charge on any atom is -0.495 e. The first kappa shape index (κ1) is 18.6. The number of piperidine rings is 1. The Hall–Kier alpha value is -2.14. The predicted molar refractivity (Wildman–Crippen MR) is 109 cm³/mol. The highest BCUT2D eigenvalue weighted by atomic mass is 32.2. The summed E-state index contributed by atoms with van der Waals surface area (Å²) >= 11 is 1.65. The molecule has 1 saturated heterocycles. The Balaban J connectivity index is 1.71. The Morgan fingerprint density at radius 2 is 2.08 bits per heavy atom. The van der Waals surface area contributed by atoms with E-state index in [9.17, 15) is 4.79 Å². The number of nitrogens with zero attached hydrogens (tertiary/aromatic N) is 1. The number of benzene rings is 2. The number of ether oxygens (including phenoxy) is 1. The third kappa shape index (κ3) is 4.15. The van der Waals surface area contributed by atoms with Gasteiger partial charge in [-0.2, -0.15) is 0 Å². The monoisotopic (exact) mass is 370 g/mol. The fraction of sp³-hybridized carbons (Fsp3) is 0.381. The molecule has 1 amide bonds. The van der Waals surface area contributed by atoms with Crippen molar-refractivity contribution in [2.75, 3.05) is 31.4 Å². The van der Waals surface area contributed by atoms with Crippen LogP contribution in [0.5, 0.6) is 5.75 Å². The van der Waals surface area contributed by atoms with Crippen LogP contribution in [0.1, 0.15) is 28.8 Å². The highest BCUT2D eigenvalue weighted by Gasteiger charge is 2.24. The number of amides is 1. The summed E-state index contributed by atoms with van der Waals surface area (Å²) in [6.07, 6.45) is 4.07. The summed E-state index contributed by atoms with van der Waals surface area (Å²) < 4.78 is 5.49. The van der Waals surface area contributed by atoms with Crippen molar-refractivity contribution >= 4 is 23.4 Å². The molecule has 138 valence electrons. The van der Waals surface area contributed by atoms with E-state index in [4.69, 9.17) is 4.74 Å². The van der Waals surface area contributed by atoms with Crippen LogP contribution in [-0.4, -0.2) is 38.4 Å². The van der Waals surface area contributed by atoms with Gasteiger partial charge in [0.15, 0.2) is 0 Å². The summed E-state index contributed by atoms with van der Waals surface area (Å²) in [5.74, 6) is 0.897. The predicted octanol–water partition coefficient (Wildman–Crippen LogP) is 4.12. The van der Waals surface area contributed by atoms with Gasteiger partial charge >= 0.3 is 0 Å². The topological polar surface area (TPSA) is 41.6 Å². The zero-order valence-corrected chi connectivity index (χ0v) is 16.4. The van der Waals surface area contributed by atoms with Crippen LogP contribution in [0, 0.1) is 6.92 Å². The second-order valence-corrected chi connectivity index (χ2v) is 7.49. The molecule has 2 aromatic carbocycles. The third-order valence-electron chi connectivity index (χ3n) is 4.87. The maximum atomic E-state index is 12.8. The van der Waals surface area contributed by atoms with Gasteiger partial charge in [-0.1, -0.05) is 18.2 Å². The summed E-state index contributed by atoms with van der Waals surface area (Å²) in [6, 6.07) is 14.3. The van der Waals surface area contributed by atoms with Crippen LogP contribution in [0.25, 0.3) is 0 Å². The first-order valence-corrected chi connectivity index (χ1v) is 10.2. The fourth-order valence-electron chi connectivity index (χ4n) is 3.44. The number of thioether (sulfide) groups is 1. The van der Waals surface area contributed by atoms with Crippen LogP contribution >= 0.6 is 11.8 Å². The molecule has 1 N–H and O–H groups in total. The highest BCUT2D eigenvalue weighted by molar-refractivity contribution is 7.98. The number of carbonyl (C=O) groups excluding carboxylic acids is 1. The van der Waals surface area contributed by atoms with Gasteiger partial charge in [-0.25, -0.2) is 0 Å². The lowest BCUT2D eigenvalue weighted by molar-refractivity contribution is 0.0932. The molecule has 4 nitrogen and oxygen atoms in total. The highest BCUT2D eigenvalue weighted by Crippen LogP contribution is 2.30. The molecule has 0 saturated carbocycles. The van der Waals surface area contributed by atoms with E-state index in [2.05, 4.69) is 22.3 Å². The second-order valence-electron chi connectivity index (χ2n) is 6.61. The zero-order chi connectivity index (χ0) is 18.5. The largest absolute Gasteiger partial charge is 0.495 e. The summed E-state index contributed by atoms with van der Waals surface area (Å²) in [4.78, 5) is 16.2. The molecule has 0 spiro atoms. The van der Waals surface area contributed by atoms with Gasteiger partial charge in [-0.3, -0.25) is 4.79 Å². The Bertz CT molecular complexity index is 778. The molecule has 1 heterocycles. The van der Waals surface area contributed by atoms with E-state index in [1.165, 1.54) is 0 Å². The zero-order valence-electron chi connectivity index (χ0n) is 15.6. The summed E-state index contributed by atoms with van der Waals surface area (Å²) in [5, 5.41) is 3.23. The molecule has 2 aromatic rings. The summed E-state index contributed by atoms with van der Waals surface area (Å²) in [7, 11) is 1.70. The molecular formula is C21H26N2O2S. The molecule has 0 radical (unpaired) electrons. The van der Waals surface area contributed by atoms with Crippen molar-refractivity contribution in [2.24, 2.45) is 0 Å². The summed E-state index contributed by atoms with van der Waals surface area (Å²) in [5.41, 5.74) is 2.87. The van der Waals surface area contributed by atoms with Crippen molar-refractivity contribution in [2.45, 2.75) is 30.7 Å².